The molecule has 1 aliphatic heterocycles. The Morgan fingerprint density at radius 2 is 1.79 bits per heavy atom. The van der Waals surface area contributed by atoms with Crippen LogP contribution in [0.25, 0.3) is 0 Å². The van der Waals surface area contributed by atoms with Crippen LogP contribution in [0.4, 0.5) is 0 Å². The summed E-state index contributed by atoms with van der Waals surface area (Å²) >= 11 is 2.09. The van der Waals surface area contributed by atoms with Crippen molar-refractivity contribution in [1.82, 2.24) is 4.90 Å². The molecule has 1 heterocycles. The van der Waals surface area contributed by atoms with Crippen molar-refractivity contribution in [2.75, 3.05) is 37.7 Å². The molecule has 2 nitrogen and oxygen atoms in total. The van der Waals surface area contributed by atoms with Crippen LogP contribution < -0.4 is 5.73 Å². The fraction of sp³-hybridized carbons (Fsp3) is 1.00. The molecular weight excluding hydrogens is 192 g/mol. The standard InChI is InChI=1S/C11H22N2S/c12-9-11(3-1-2-4-11)10-13-5-7-14-8-6-13/h1-10,12H2. The molecule has 0 bridgehead atoms. The second-order valence-corrected chi connectivity index (χ2v) is 6.02. The summed E-state index contributed by atoms with van der Waals surface area (Å²) in [6.45, 7) is 4.74. The average molecular weight is 214 g/mol. The molecule has 0 amide bonds. The van der Waals surface area contributed by atoms with E-state index >= 15 is 0 Å². The van der Waals surface area contributed by atoms with Crippen LogP contribution in [0.1, 0.15) is 25.7 Å². The third-order valence-corrected chi connectivity index (χ3v) is 4.70. The number of nitrogens with zero attached hydrogens (tertiary/aromatic N) is 1. The van der Waals surface area contributed by atoms with E-state index in [1.165, 1.54) is 56.8 Å². The van der Waals surface area contributed by atoms with E-state index in [2.05, 4.69) is 16.7 Å². The van der Waals surface area contributed by atoms with Crippen LogP contribution in [-0.4, -0.2) is 42.6 Å². The van der Waals surface area contributed by atoms with Crippen molar-refractivity contribution >= 4 is 11.8 Å². The molecule has 1 saturated carbocycles. The first-order valence-corrected chi connectivity index (χ1v) is 7.00. The van der Waals surface area contributed by atoms with Crippen molar-refractivity contribution in [3.63, 3.8) is 0 Å². The summed E-state index contributed by atoms with van der Waals surface area (Å²) in [4.78, 5) is 2.63. The molecule has 82 valence electrons. The van der Waals surface area contributed by atoms with Crippen LogP contribution in [0.5, 0.6) is 0 Å². The molecule has 0 spiro atoms. The summed E-state index contributed by atoms with van der Waals surface area (Å²) in [6, 6.07) is 0. The first-order chi connectivity index (χ1) is 6.85. The maximum Gasteiger partial charge on any atom is 0.00729 e. The van der Waals surface area contributed by atoms with Crippen molar-refractivity contribution in [2.24, 2.45) is 11.1 Å². The lowest BCUT2D eigenvalue weighted by Crippen LogP contribution is -2.44. The molecule has 2 rings (SSSR count). The Hall–Kier alpha value is 0.270. The fourth-order valence-corrected chi connectivity index (χ4v) is 3.76. The minimum Gasteiger partial charge on any atom is -0.330 e. The molecule has 0 unspecified atom stereocenters. The quantitative estimate of drug-likeness (QED) is 0.773. The molecule has 0 atom stereocenters. The predicted molar refractivity (Wildman–Crippen MR) is 63.7 cm³/mol. The molecule has 1 aliphatic carbocycles. The normalized spacial score (nSPS) is 28.1. The van der Waals surface area contributed by atoms with E-state index in [0.29, 0.717) is 5.41 Å². The van der Waals surface area contributed by atoms with E-state index in [9.17, 15) is 0 Å². The highest BCUT2D eigenvalue weighted by Crippen LogP contribution is 2.38. The molecular formula is C11H22N2S. The topological polar surface area (TPSA) is 29.3 Å². The molecule has 3 heteroatoms. The number of hydrogen-bond donors (Lipinski definition) is 1. The molecule has 2 aliphatic rings. The minimum atomic E-state index is 0.488. The highest BCUT2D eigenvalue weighted by atomic mass is 32.2. The number of hydrogen-bond acceptors (Lipinski definition) is 3. The Balaban J connectivity index is 1.86. The fourth-order valence-electron chi connectivity index (χ4n) is 2.79. The van der Waals surface area contributed by atoms with E-state index in [1.54, 1.807) is 0 Å². The second-order valence-electron chi connectivity index (χ2n) is 4.80. The lowest BCUT2D eigenvalue weighted by Gasteiger charge is -2.36. The van der Waals surface area contributed by atoms with E-state index in [4.69, 9.17) is 5.73 Å². The maximum absolute atomic E-state index is 5.95. The SMILES string of the molecule is NCC1(CN2CCSCC2)CCCC1. The van der Waals surface area contributed by atoms with Crippen LogP contribution in [0.3, 0.4) is 0 Å². The van der Waals surface area contributed by atoms with Crippen molar-refractivity contribution < 1.29 is 0 Å². The summed E-state index contributed by atoms with van der Waals surface area (Å²) in [5, 5.41) is 0. The van der Waals surface area contributed by atoms with E-state index in [1.807, 2.05) is 0 Å². The first kappa shape index (κ1) is 10.8. The van der Waals surface area contributed by atoms with Gasteiger partial charge in [0, 0.05) is 31.1 Å². The van der Waals surface area contributed by atoms with Crippen molar-refractivity contribution in [2.45, 2.75) is 25.7 Å². The summed E-state index contributed by atoms with van der Waals surface area (Å²) in [5.74, 6) is 2.64. The van der Waals surface area contributed by atoms with E-state index < -0.39 is 0 Å². The van der Waals surface area contributed by atoms with Crippen molar-refractivity contribution in [3.8, 4) is 0 Å². The molecule has 1 saturated heterocycles. The molecule has 0 aromatic rings. The van der Waals surface area contributed by atoms with Gasteiger partial charge < -0.3 is 10.6 Å². The van der Waals surface area contributed by atoms with Gasteiger partial charge in [0.05, 0.1) is 0 Å². The van der Waals surface area contributed by atoms with Gasteiger partial charge in [-0.1, -0.05) is 12.8 Å². The van der Waals surface area contributed by atoms with Gasteiger partial charge in [0.2, 0.25) is 0 Å². The summed E-state index contributed by atoms with van der Waals surface area (Å²) in [6.07, 6.45) is 5.54. The number of nitrogens with two attached hydrogens (primary N) is 1. The van der Waals surface area contributed by atoms with Gasteiger partial charge in [0.1, 0.15) is 0 Å². The lowest BCUT2D eigenvalue weighted by atomic mass is 9.85. The highest BCUT2D eigenvalue weighted by Gasteiger charge is 2.34. The predicted octanol–water partition coefficient (Wildman–Crippen LogP) is 1.55. The van der Waals surface area contributed by atoms with Crippen LogP contribution >= 0.6 is 11.8 Å². The largest absolute Gasteiger partial charge is 0.330 e. The van der Waals surface area contributed by atoms with Crippen molar-refractivity contribution in [3.05, 3.63) is 0 Å². The second kappa shape index (κ2) is 4.86. The van der Waals surface area contributed by atoms with Gasteiger partial charge in [-0.15, -0.1) is 0 Å². The van der Waals surface area contributed by atoms with Crippen LogP contribution in [-0.2, 0) is 0 Å². The van der Waals surface area contributed by atoms with Gasteiger partial charge in [0.25, 0.3) is 0 Å². The Kier molecular flexibility index (Phi) is 3.74. The van der Waals surface area contributed by atoms with Gasteiger partial charge in [-0.25, -0.2) is 0 Å². The summed E-state index contributed by atoms with van der Waals surface area (Å²) in [7, 11) is 0. The molecule has 0 aromatic heterocycles. The van der Waals surface area contributed by atoms with E-state index in [0.717, 1.165) is 6.54 Å². The average Bonchev–Trinajstić information content (AvgIpc) is 2.69. The monoisotopic (exact) mass is 214 g/mol. The minimum absolute atomic E-state index is 0.488. The Labute approximate surface area is 91.6 Å². The Morgan fingerprint density at radius 3 is 2.36 bits per heavy atom. The van der Waals surface area contributed by atoms with Crippen molar-refractivity contribution in [1.29, 1.82) is 0 Å². The molecule has 2 fully saturated rings. The lowest BCUT2D eigenvalue weighted by molar-refractivity contribution is 0.169. The number of rotatable bonds is 3. The summed E-state index contributed by atoms with van der Waals surface area (Å²) < 4.78 is 0. The third kappa shape index (κ3) is 2.44. The van der Waals surface area contributed by atoms with Crippen LogP contribution in [0.15, 0.2) is 0 Å². The summed E-state index contributed by atoms with van der Waals surface area (Å²) in [5.41, 5.74) is 6.44. The first-order valence-electron chi connectivity index (χ1n) is 5.85. The molecule has 14 heavy (non-hydrogen) atoms. The van der Waals surface area contributed by atoms with Gasteiger partial charge in [0.15, 0.2) is 0 Å². The van der Waals surface area contributed by atoms with Gasteiger partial charge in [-0.05, 0) is 24.8 Å². The number of thioether (sulfide) groups is 1. The Morgan fingerprint density at radius 1 is 1.14 bits per heavy atom. The molecule has 2 N–H and O–H groups in total. The van der Waals surface area contributed by atoms with E-state index in [-0.39, 0.29) is 0 Å². The smallest absolute Gasteiger partial charge is 0.00729 e. The Bertz CT molecular complexity index is 172. The molecule has 0 radical (unpaired) electrons. The zero-order valence-corrected chi connectivity index (χ0v) is 9.82. The van der Waals surface area contributed by atoms with Gasteiger partial charge in [-0.2, -0.15) is 11.8 Å². The molecule has 0 aromatic carbocycles. The maximum atomic E-state index is 5.95. The van der Waals surface area contributed by atoms with Gasteiger partial charge in [-0.3, -0.25) is 0 Å². The highest BCUT2D eigenvalue weighted by molar-refractivity contribution is 7.99. The zero-order valence-electron chi connectivity index (χ0n) is 9.00. The van der Waals surface area contributed by atoms with Crippen LogP contribution in [0.2, 0.25) is 0 Å². The van der Waals surface area contributed by atoms with Crippen LogP contribution in [0, 0.1) is 5.41 Å². The zero-order chi connectivity index (χ0) is 9.86. The third-order valence-electron chi connectivity index (χ3n) is 3.76. The van der Waals surface area contributed by atoms with Gasteiger partial charge >= 0.3 is 0 Å².